The Balaban J connectivity index is 1.12. The normalized spacial score (nSPS) is 16.6. The van der Waals surface area contributed by atoms with E-state index >= 15 is 0 Å². The van der Waals surface area contributed by atoms with Crippen LogP contribution in [0.2, 0.25) is 0 Å². The smallest absolute Gasteiger partial charge is 0.410 e. The Bertz CT molecular complexity index is 1580. The number of likely N-dealkylation sites (tertiary alicyclic amines) is 1. The summed E-state index contributed by atoms with van der Waals surface area (Å²) in [5, 5.41) is 4.48. The third kappa shape index (κ3) is 5.69. The molecule has 0 N–H and O–H groups in total. The maximum Gasteiger partial charge on any atom is 0.410 e. The highest BCUT2D eigenvalue weighted by Crippen LogP contribution is 2.44. The van der Waals surface area contributed by atoms with E-state index in [0.717, 1.165) is 16.7 Å². The Kier molecular flexibility index (Phi) is 7.13. The molecule has 3 aromatic heterocycles. The standard InChI is InChI=1S/C30H33N5O7/c1-30(2,3)42-29(36)34-14-22(15-34)40-21-13-32-28-20(12-33-35(28)16-21)8-18-9-23(37-4)27-24(10-18)39-17-25(41-27)19-6-7-26(38-5)31-11-19/h6-7,9-13,16,22,25H,8,14-15,17H2,1-5H3. The number of aromatic nitrogens is 4. The van der Waals surface area contributed by atoms with Crippen LogP contribution in [0.3, 0.4) is 0 Å². The Hall–Kier alpha value is -4.74. The van der Waals surface area contributed by atoms with E-state index in [2.05, 4.69) is 15.1 Å². The van der Waals surface area contributed by atoms with E-state index in [1.165, 1.54) is 0 Å². The van der Waals surface area contributed by atoms with E-state index in [9.17, 15) is 4.79 Å². The summed E-state index contributed by atoms with van der Waals surface area (Å²) >= 11 is 0. The second kappa shape index (κ2) is 10.9. The average Bonchev–Trinajstić information content (AvgIpc) is 3.34. The Morgan fingerprint density at radius 2 is 1.90 bits per heavy atom. The number of benzene rings is 1. The lowest BCUT2D eigenvalue weighted by Crippen LogP contribution is -2.57. The SMILES string of the molecule is COc1ccc(C2COc3cc(Cc4cnn5cc(OC6CN(C(=O)OC(C)(C)C)C6)cnc45)cc(OC)c3O2)cn1. The van der Waals surface area contributed by atoms with Gasteiger partial charge in [0.15, 0.2) is 29.0 Å². The minimum atomic E-state index is -0.528. The van der Waals surface area contributed by atoms with Crippen molar-refractivity contribution in [3.63, 3.8) is 0 Å². The molecule has 1 saturated heterocycles. The molecular weight excluding hydrogens is 542 g/mol. The van der Waals surface area contributed by atoms with Gasteiger partial charge < -0.3 is 33.3 Å². The van der Waals surface area contributed by atoms with Crippen LogP contribution in [0.4, 0.5) is 4.79 Å². The molecular formula is C30H33N5O7. The zero-order valence-electron chi connectivity index (χ0n) is 24.2. The molecule has 2 aliphatic rings. The number of amides is 1. The highest BCUT2D eigenvalue weighted by Gasteiger charge is 2.35. The molecule has 1 amide bonds. The summed E-state index contributed by atoms with van der Waals surface area (Å²) < 4.78 is 36.3. The zero-order valence-corrected chi connectivity index (χ0v) is 24.2. The molecule has 220 valence electrons. The molecule has 2 aliphatic heterocycles. The first kappa shape index (κ1) is 27.4. The molecule has 0 bridgehead atoms. The first-order valence-electron chi connectivity index (χ1n) is 13.7. The number of carbonyl (C=O) groups is 1. The molecule has 0 radical (unpaired) electrons. The second-order valence-electron chi connectivity index (χ2n) is 11.2. The number of carbonyl (C=O) groups excluding carboxylic acids is 1. The predicted octanol–water partition coefficient (Wildman–Crippen LogP) is 4.24. The minimum absolute atomic E-state index is 0.127. The third-order valence-electron chi connectivity index (χ3n) is 6.89. The number of pyridine rings is 1. The molecule has 12 nitrogen and oxygen atoms in total. The first-order chi connectivity index (χ1) is 20.2. The van der Waals surface area contributed by atoms with Gasteiger partial charge in [-0.25, -0.2) is 19.3 Å². The average molecular weight is 576 g/mol. The van der Waals surface area contributed by atoms with Crippen LogP contribution in [0.5, 0.6) is 28.9 Å². The molecule has 4 aromatic rings. The summed E-state index contributed by atoms with van der Waals surface area (Å²) in [6.07, 6.45) is 6.75. The number of hydrogen-bond acceptors (Lipinski definition) is 10. The second-order valence-corrected chi connectivity index (χ2v) is 11.2. The highest BCUT2D eigenvalue weighted by atomic mass is 16.6. The van der Waals surface area contributed by atoms with Crippen molar-refractivity contribution in [2.75, 3.05) is 33.9 Å². The number of methoxy groups -OCH3 is 2. The predicted molar refractivity (Wildman–Crippen MR) is 151 cm³/mol. The largest absolute Gasteiger partial charge is 0.493 e. The molecule has 1 fully saturated rings. The van der Waals surface area contributed by atoms with Gasteiger partial charge in [0.2, 0.25) is 11.6 Å². The zero-order chi connectivity index (χ0) is 29.4. The lowest BCUT2D eigenvalue weighted by atomic mass is 10.1. The van der Waals surface area contributed by atoms with Crippen molar-refractivity contribution in [3.8, 4) is 28.9 Å². The lowest BCUT2D eigenvalue weighted by molar-refractivity contribution is -0.0223. The molecule has 12 heteroatoms. The van der Waals surface area contributed by atoms with Gasteiger partial charge in [0, 0.05) is 29.8 Å². The van der Waals surface area contributed by atoms with Gasteiger partial charge >= 0.3 is 6.09 Å². The van der Waals surface area contributed by atoms with Crippen molar-refractivity contribution in [2.45, 2.75) is 45.0 Å². The van der Waals surface area contributed by atoms with Gasteiger partial charge in [-0.05, 0) is 44.5 Å². The third-order valence-corrected chi connectivity index (χ3v) is 6.89. The molecule has 6 rings (SSSR count). The summed E-state index contributed by atoms with van der Waals surface area (Å²) in [4.78, 5) is 22.7. The van der Waals surface area contributed by atoms with E-state index in [0.29, 0.717) is 60.6 Å². The molecule has 0 saturated carbocycles. The van der Waals surface area contributed by atoms with Gasteiger partial charge in [-0.15, -0.1) is 0 Å². The fourth-order valence-corrected chi connectivity index (χ4v) is 4.81. The van der Waals surface area contributed by atoms with Crippen LogP contribution in [0.25, 0.3) is 5.65 Å². The summed E-state index contributed by atoms with van der Waals surface area (Å²) in [5.41, 5.74) is 2.97. The molecule has 1 aromatic carbocycles. The monoisotopic (exact) mass is 575 g/mol. The van der Waals surface area contributed by atoms with Crippen LogP contribution < -0.4 is 23.7 Å². The van der Waals surface area contributed by atoms with Crippen molar-refractivity contribution < 1.29 is 33.2 Å². The van der Waals surface area contributed by atoms with Crippen molar-refractivity contribution in [2.24, 2.45) is 0 Å². The number of nitrogens with zero attached hydrogens (tertiary/aromatic N) is 5. The van der Waals surface area contributed by atoms with E-state index in [1.54, 1.807) is 54.5 Å². The fourth-order valence-electron chi connectivity index (χ4n) is 4.81. The van der Waals surface area contributed by atoms with Crippen molar-refractivity contribution >= 4 is 11.7 Å². The minimum Gasteiger partial charge on any atom is -0.493 e. The molecule has 1 atom stereocenters. The van der Waals surface area contributed by atoms with Gasteiger partial charge in [-0.3, -0.25) is 0 Å². The molecule has 1 unspecified atom stereocenters. The summed E-state index contributed by atoms with van der Waals surface area (Å²) in [5.74, 6) is 2.86. The maximum atomic E-state index is 12.2. The first-order valence-corrected chi connectivity index (χ1v) is 13.7. The van der Waals surface area contributed by atoms with E-state index in [4.69, 9.17) is 28.4 Å². The summed E-state index contributed by atoms with van der Waals surface area (Å²) in [6.45, 7) is 6.80. The molecule has 0 spiro atoms. The number of fused-ring (bicyclic) bond motifs is 2. The highest BCUT2D eigenvalue weighted by molar-refractivity contribution is 5.69. The van der Waals surface area contributed by atoms with Crippen LogP contribution in [-0.2, 0) is 11.2 Å². The quantitative estimate of drug-likeness (QED) is 0.317. The van der Waals surface area contributed by atoms with Crippen molar-refractivity contribution in [3.05, 3.63) is 65.7 Å². The van der Waals surface area contributed by atoms with Gasteiger partial charge in [0.1, 0.15) is 18.3 Å². The van der Waals surface area contributed by atoms with Crippen LogP contribution in [0, 0.1) is 0 Å². The van der Waals surface area contributed by atoms with Crippen LogP contribution in [0.15, 0.2) is 49.1 Å². The van der Waals surface area contributed by atoms with Gasteiger partial charge in [-0.2, -0.15) is 5.10 Å². The Morgan fingerprint density at radius 1 is 1.07 bits per heavy atom. The van der Waals surface area contributed by atoms with Crippen molar-refractivity contribution in [1.82, 2.24) is 24.5 Å². The summed E-state index contributed by atoms with van der Waals surface area (Å²) in [7, 11) is 3.18. The molecule has 5 heterocycles. The van der Waals surface area contributed by atoms with Crippen LogP contribution in [-0.4, -0.2) is 76.2 Å². The van der Waals surface area contributed by atoms with E-state index in [-0.39, 0.29) is 18.3 Å². The van der Waals surface area contributed by atoms with Crippen LogP contribution in [0.1, 0.15) is 43.6 Å². The summed E-state index contributed by atoms with van der Waals surface area (Å²) in [6, 6.07) is 7.59. The number of hydrogen-bond donors (Lipinski definition) is 0. The Labute approximate surface area is 243 Å². The maximum absolute atomic E-state index is 12.2. The van der Waals surface area contributed by atoms with Gasteiger partial charge in [-0.1, -0.05) is 0 Å². The van der Waals surface area contributed by atoms with E-state index < -0.39 is 5.60 Å². The number of rotatable bonds is 7. The van der Waals surface area contributed by atoms with Gasteiger partial charge in [0.05, 0.1) is 45.9 Å². The van der Waals surface area contributed by atoms with Crippen molar-refractivity contribution in [1.29, 1.82) is 0 Å². The number of ether oxygens (including phenoxy) is 6. The Morgan fingerprint density at radius 3 is 2.62 bits per heavy atom. The lowest BCUT2D eigenvalue weighted by Gasteiger charge is -2.39. The molecule has 0 aliphatic carbocycles. The van der Waals surface area contributed by atoms with E-state index in [1.807, 2.05) is 39.0 Å². The van der Waals surface area contributed by atoms with Crippen LogP contribution >= 0.6 is 0 Å². The fraction of sp³-hybridized carbons (Fsp3) is 0.400. The molecule has 42 heavy (non-hydrogen) atoms. The topological polar surface area (TPSA) is 119 Å². The van der Waals surface area contributed by atoms with Gasteiger partial charge in [0.25, 0.3) is 0 Å².